The minimum atomic E-state index is -0.145. The second-order valence-corrected chi connectivity index (χ2v) is 6.52. The normalized spacial score (nSPS) is 20.4. The molecule has 2 aliphatic rings. The molecule has 1 aromatic carbocycles. The minimum absolute atomic E-state index is 0.145. The Bertz CT molecular complexity index is 686. The second kappa shape index (κ2) is 7.18. The number of nitrogens with zero attached hydrogens (tertiary/aromatic N) is 1. The zero-order valence-corrected chi connectivity index (χ0v) is 14.5. The van der Waals surface area contributed by atoms with E-state index in [2.05, 4.69) is 36.3 Å². The zero-order valence-electron chi connectivity index (χ0n) is 14.5. The maximum absolute atomic E-state index is 12.3. The molecule has 0 bridgehead atoms. The van der Waals surface area contributed by atoms with Crippen molar-refractivity contribution in [3.63, 3.8) is 0 Å². The van der Waals surface area contributed by atoms with E-state index in [1.54, 1.807) is 7.11 Å². The van der Waals surface area contributed by atoms with Crippen molar-refractivity contribution < 1.29 is 14.3 Å². The average Bonchev–Trinajstić information content (AvgIpc) is 2.96. The van der Waals surface area contributed by atoms with Gasteiger partial charge in [-0.2, -0.15) is 0 Å². The Hall–Kier alpha value is -2.14. The van der Waals surface area contributed by atoms with Gasteiger partial charge in [-0.3, -0.25) is 4.79 Å². The fraction of sp³-hybridized carbons (Fsp3) is 0.474. The van der Waals surface area contributed by atoms with Gasteiger partial charge in [-0.15, -0.1) is 0 Å². The van der Waals surface area contributed by atoms with E-state index < -0.39 is 0 Å². The number of ether oxygens (including phenoxy) is 2. The largest absolute Gasteiger partial charge is 0.496 e. The van der Waals surface area contributed by atoms with E-state index in [0.717, 1.165) is 43.2 Å². The van der Waals surface area contributed by atoms with Crippen molar-refractivity contribution in [3.8, 4) is 5.75 Å². The van der Waals surface area contributed by atoms with Crippen LogP contribution in [0.4, 0.5) is 0 Å². The van der Waals surface area contributed by atoms with Crippen molar-refractivity contribution in [1.29, 1.82) is 0 Å². The molecule has 0 saturated carbocycles. The summed E-state index contributed by atoms with van der Waals surface area (Å²) in [5, 5.41) is 2.92. The zero-order chi connectivity index (χ0) is 17.1. The molecular formula is C19H24N2O3. The number of hydrogen-bond acceptors (Lipinski definition) is 4. The predicted octanol–water partition coefficient (Wildman–Crippen LogP) is 3.11. The molecule has 2 heterocycles. The van der Waals surface area contributed by atoms with Crippen molar-refractivity contribution in [2.45, 2.75) is 32.6 Å². The summed E-state index contributed by atoms with van der Waals surface area (Å²) in [4.78, 5) is 16.8. The molecule has 24 heavy (non-hydrogen) atoms. The van der Waals surface area contributed by atoms with Crippen molar-refractivity contribution >= 4 is 17.8 Å². The van der Waals surface area contributed by atoms with Crippen LogP contribution in [0.3, 0.4) is 0 Å². The fourth-order valence-electron chi connectivity index (χ4n) is 3.02. The smallest absolute Gasteiger partial charge is 0.275 e. The van der Waals surface area contributed by atoms with Crippen LogP contribution in [0, 0.1) is 5.92 Å². The lowest BCUT2D eigenvalue weighted by atomic mass is 9.99. The highest BCUT2D eigenvalue weighted by molar-refractivity contribution is 6.15. The van der Waals surface area contributed by atoms with Crippen molar-refractivity contribution in [3.05, 3.63) is 35.0 Å². The van der Waals surface area contributed by atoms with Gasteiger partial charge in [-0.05, 0) is 42.5 Å². The third-order valence-corrected chi connectivity index (χ3v) is 4.54. The number of rotatable bonds is 4. The highest BCUT2D eigenvalue weighted by atomic mass is 16.5. The van der Waals surface area contributed by atoms with E-state index in [0.29, 0.717) is 11.6 Å². The van der Waals surface area contributed by atoms with Gasteiger partial charge < -0.3 is 14.8 Å². The number of benzene rings is 1. The first-order valence-corrected chi connectivity index (χ1v) is 8.45. The Morgan fingerprint density at radius 1 is 1.33 bits per heavy atom. The molecule has 0 aromatic heterocycles. The van der Waals surface area contributed by atoms with E-state index >= 15 is 0 Å². The molecule has 2 aliphatic heterocycles. The summed E-state index contributed by atoms with van der Waals surface area (Å²) in [7, 11) is 1.64. The molecule has 0 aliphatic carbocycles. The van der Waals surface area contributed by atoms with E-state index in [1.807, 2.05) is 12.1 Å². The number of amidine groups is 1. The number of nitrogens with one attached hydrogen (secondary N) is 1. The third-order valence-electron chi connectivity index (χ3n) is 4.54. The van der Waals surface area contributed by atoms with Gasteiger partial charge in [0, 0.05) is 24.7 Å². The molecule has 128 valence electrons. The predicted molar refractivity (Wildman–Crippen MR) is 94.2 cm³/mol. The van der Waals surface area contributed by atoms with Gasteiger partial charge in [0.25, 0.3) is 5.91 Å². The molecule has 3 rings (SSSR count). The van der Waals surface area contributed by atoms with Crippen LogP contribution in [-0.2, 0) is 9.53 Å². The Kier molecular flexibility index (Phi) is 5.00. The summed E-state index contributed by atoms with van der Waals surface area (Å²) < 4.78 is 10.8. The van der Waals surface area contributed by atoms with Gasteiger partial charge >= 0.3 is 0 Å². The van der Waals surface area contributed by atoms with Gasteiger partial charge in [-0.1, -0.05) is 19.9 Å². The van der Waals surface area contributed by atoms with Gasteiger partial charge in [0.1, 0.15) is 17.3 Å². The molecule has 1 saturated heterocycles. The maximum atomic E-state index is 12.3. The van der Waals surface area contributed by atoms with Gasteiger partial charge in [0.2, 0.25) is 0 Å². The molecule has 5 heteroatoms. The van der Waals surface area contributed by atoms with Gasteiger partial charge in [0.05, 0.1) is 7.11 Å². The van der Waals surface area contributed by atoms with E-state index in [1.165, 1.54) is 5.56 Å². The fourth-order valence-corrected chi connectivity index (χ4v) is 3.02. The lowest BCUT2D eigenvalue weighted by molar-refractivity contribution is -0.115. The molecule has 1 amide bonds. The van der Waals surface area contributed by atoms with Gasteiger partial charge in [-0.25, -0.2) is 4.99 Å². The first-order chi connectivity index (χ1) is 11.6. The van der Waals surface area contributed by atoms with E-state index in [-0.39, 0.29) is 11.8 Å². The third kappa shape index (κ3) is 3.51. The molecule has 5 nitrogen and oxygen atoms in total. The first kappa shape index (κ1) is 16.7. The average molecular weight is 328 g/mol. The highest BCUT2D eigenvalue weighted by Crippen LogP contribution is 2.28. The van der Waals surface area contributed by atoms with E-state index in [9.17, 15) is 4.79 Å². The van der Waals surface area contributed by atoms with Crippen LogP contribution in [0.25, 0.3) is 6.08 Å². The number of aliphatic imine (C=N–C) groups is 1. The number of carbonyl (C=O) groups is 1. The number of carbonyl (C=O) groups excluding carboxylic acids is 1. The van der Waals surface area contributed by atoms with Crippen LogP contribution < -0.4 is 10.1 Å². The Morgan fingerprint density at radius 3 is 2.75 bits per heavy atom. The van der Waals surface area contributed by atoms with Crippen LogP contribution >= 0.6 is 0 Å². The maximum Gasteiger partial charge on any atom is 0.275 e. The monoisotopic (exact) mass is 328 g/mol. The first-order valence-electron chi connectivity index (χ1n) is 8.45. The Morgan fingerprint density at radius 2 is 2.08 bits per heavy atom. The summed E-state index contributed by atoms with van der Waals surface area (Å²) in [5.41, 5.74) is 2.52. The van der Waals surface area contributed by atoms with Crippen molar-refractivity contribution in [2.24, 2.45) is 10.9 Å². The lowest BCUT2D eigenvalue weighted by Gasteiger charge is -2.21. The molecule has 1 aromatic rings. The minimum Gasteiger partial charge on any atom is -0.496 e. The molecule has 0 radical (unpaired) electrons. The summed E-state index contributed by atoms with van der Waals surface area (Å²) in [6.07, 6.45) is 3.61. The standard InChI is InChI=1S/C19H24N2O3/c1-12(2)14-4-5-17(23-3)15(10-14)11-16-19(22)21-18(20-16)13-6-8-24-9-7-13/h4-5,10-13H,6-9H2,1-3H3,(H,20,21,22)/b16-11-. The van der Waals surface area contributed by atoms with Crippen LogP contribution in [0.1, 0.15) is 43.7 Å². The van der Waals surface area contributed by atoms with Crippen LogP contribution in [0.5, 0.6) is 5.75 Å². The van der Waals surface area contributed by atoms with Crippen LogP contribution in [0.2, 0.25) is 0 Å². The van der Waals surface area contributed by atoms with Crippen LogP contribution in [0.15, 0.2) is 28.9 Å². The quantitative estimate of drug-likeness (QED) is 0.864. The molecular weight excluding hydrogens is 304 g/mol. The topological polar surface area (TPSA) is 59.9 Å². The summed E-state index contributed by atoms with van der Waals surface area (Å²) >= 11 is 0. The Balaban J connectivity index is 1.91. The van der Waals surface area contributed by atoms with Crippen molar-refractivity contribution in [2.75, 3.05) is 20.3 Å². The molecule has 1 fully saturated rings. The van der Waals surface area contributed by atoms with Gasteiger partial charge in [0.15, 0.2) is 0 Å². The second-order valence-electron chi connectivity index (χ2n) is 6.52. The Labute approximate surface area is 142 Å². The van der Waals surface area contributed by atoms with Crippen LogP contribution in [-0.4, -0.2) is 32.1 Å². The SMILES string of the molecule is COc1ccc(C(C)C)cc1/C=C1\N=C(C2CCOCC2)NC1=O. The summed E-state index contributed by atoms with van der Waals surface area (Å²) in [5.74, 6) is 2.06. The summed E-state index contributed by atoms with van der Waals surface area (Å²) in [6.45, 7) is 5.73. The number of methoxy groups -OCH3 is 1. The van der Waals surface area contributed by atoms with Crippen molar-refractivity contribution in [1.82, 2.24) is 5.32 Å². The number of hydrogen-bond donors (Lipinski definition) is 1. The highest BCUT2D eigenvalue weighted by Gasteiger charge is 2.28. The van der Waals surface area contributed by atoms with E-state index in [4.69, 9.17) is 9.47 Å². The number of amides is 1. The molecule has 0 spiro atoms. The lowest BCUT2D eigenvalue weighted by Crippen LogP contribution is -2.33. The molecule has 1 N–H and O–H groups in total. The molecule has 0 unspecified atom stereocenters. The summed E-state index contributed by atoms with van der Waals surface area (Å²) in [6, 6.07) is 6.06. The molecule has 0 atom stereocenters.